The third-order valence-corrected chi connectivity index (χ3v) is 3.50. The fourth-order valence-corrected chi connectivity index (χ4v) is 2.46. The van der Waals surface area contributed by atoms with Crippen LogP contribution in [0.5, 0.6) is 11.5 Å². The molecule has 0 aliphatic carbocycles. The fraction of sp³-hybridized carbons (Fsp3) is 0.250. The summed E-state index contributed by atoms with van der Waals surface area (Å²) in [6.07, 6.45) is 1.08. The summed E-state index contributed by atoms with van der Waals surface area (Å²) in [4.78, 5) is 0. The zero-order chi connectivity index (χ0) is 13.1. The quantitative estimate of drug-likeness (QED) is 0.883. The zero-order valence-electron chi connectivity index (χ0n) is 10.7. The fourth-order valence-electron chi connectivity index (χ4n) is 2.46. The molecular formula is C16H17NO2. The minimum atomic E-state index is 0.263. The van der Waals surface area contributed by atoms with E-state index in [-0.39, 0.29) is 5.75 Å². The highest BCUT2D eigenvalue weighted by molar-refractivity contribution is 5.54. The van der Waals surface area contributed by atoms with Gasteiger partial charge in [0.05, 0.1) is 6.61 Å². The molecule has 1 atom stereocenters. The van der Waals surface area contributed by atoms with Crippen molar-refractivity contribution in [2.45, 2.75) is 12.3 Å². The molecule has 1 aliphatic rings. The average Bonchev–Trinajstić information content (AvgIpc) is 2.47. The van der Waals surface area contributed by atoms with Crippen LogP contribution >= 0.6 is 0 Å². The minimum Gasteiger partial charge on any atom is -0.508 e. The molecule has 3 nitrogen and oxygen atoms in total. The molecule has 1 unspecified atom stereocenters. The number of aromatic hydroxyl groups is 1. The van der Waals surface area contributed by atoms with E-state index in [4.69, 9.17) is 4.74 Å². The van der Waals surface area contributed by atoms with Crippen molar-refractivity contribution in [2.75, 3.05) is 18.5 Å². The van der Waals surface area contributed by atoms with Crippen molar-refractivity contribution in [3.05, 3.63) is 54.1 Å². The summed E-state index contributed by atoms with van der Waals surface area (Å²) in [5.74, 6) is 1.49. The summed E-state index contributed by atoms with van der Waals surface area (Å²) in [6.45, 7) is 1.66. The Labute approximate surface area is 112 Å². The van der Waals surface area contributed by atoms with Crippen LogP contribution in [0.15, 0.2) is 48.5 Å². The number of phenols is 1. The highest BCUT2D eigenvalue weighted by Gasteiger charge is 2.19. The molecule has 0 radical (unpaired) electrons. The Hall–Kier alpha value is -2.16. The zero-order valence-corrected chi connectivity index (χ0v) is 10.7. The van der Waals surface area contributed by atoms with Gasteiger partial charge >= 0.3 is 0 Å². The normalized spacial score (nSPS) is 17.4. The second kappa shape index (κ2) is 5.22. The first-order valence-corrected chi connectivity index (χ1v) is 6.57. The number of fused-ring (bicyclic) bond motifs is 1. The average molecular weight is 255 g/mol. The molecular weight excluding hydrogens is 238 g/mol. The molecule has 3 heteroatoms. The number of hydrogen-bond donors (Lipinski definition) is 2. The number of rotatable bonds is 3. The number of anilines is 1. The maximum atomic E-state index is 9.24. The van der Waals surface area contributed by atoms with Gasteiger partial charge in [0, 0.05) is 18.2 Å². The summed E-state index contributed by atoms with van der Waals surface area (Å²) < 4.78 is 5.82. The molecule has 0 bridgehead atoms. The summed E-state index contributed by atoms with van der Waals surface area (Å²) >= 11 is 0. The predicted octanol–water partition coefficient (Wildman–Crippen LogP) is 3.37. The maximum absolute atomic E-state index is 9.24. The Bertz CT molecular complexity index is 551. The second-order valence-electron chi connectivity index (χ2n) is 4.80. The Morgan fingerprint density at radius 1 is 1.11 bits per heavy atom. The SMILES string of the molecule is Oc1ccc(OCC2CCNc3ccccc32)cc1. The summed E-state index contributed by atoms with van der Waals surface area (Å²) in [7, 11) is 0. The van der Waals surface area contributed by atoms with E-state index in [0.29, 0.717) is 12.5 Å². The Balaban J connectivity index is 1.69. The van der Waals surface area contributed by atoms with Crippen molar-refractivity contribution in [3.63, 3.8) is 0 Å². The highest BCUT2D eigenvalue weighted by atomic mass is 16.5. The number of hydrogen-bond acceptors (Lipinski definition) is 3. The van der Waals surface area contributed by atoms with Gasteiger partial charge in [0.2, 0.25) is 0 Å². The van der Waals surface area contributed by atoms with Gasteiger partial charge in [0.25, 0.3) is 0 Å². The summed E-state index contributed by atoms with van der Waals surface area (Å²) in [5.41, 5.74) is 2.54. The van der Waals surface area contributed by atoms with Gasteiger partial charge in [-0.2, -0.15) is 0 Å². The van der Waals surface area contributed by atoms with Crippen molar-refractivity contribution in [1.29, 1.82) is 0 Å². The Morgan fingerprint density at radius 2 is 1.89 bits per heavy atom. The van der Waals surface area contributed by atoms with Crippen LogP contribution in [0.25, 0.3) is 0 Å². The lowest BCUT2D eigenvalue weighted by Gasteiger charge is -2.26. The van der Waals surface area contributed by atoms with E-state index >= 15 is 0 Å². The van der Waals surface area contributed by atoms with Crippen molar-refractivity contribution < 1.29 is 9.84 Å². The number of nitrogens with one attached hydrogen (secondary N) is 1. The monoisotopic (exact) mass is 255 g/mol. The molecule has 2 aromatic carbocycles. The molecule has 0 amide bonds. The third kappa shape index (κ3) is 2.65. The predicted molar refractivity (Wildman–Crippen MR) is 75.9 cm³/mol. The molecule has 0 fully saturated rings. The largest absolute Gasteiger partial charge is 0.508 e. The third-order valence-electron chi connectivity index (χ3n) is 3.50. The topological polar surface area (TPSA) is 41.5 Å². The second-order valence-corrected chi connectivity index (χ2v) is 4.80. The number of ether oxygens (including phenoxy) is 1. The van der Waals surface area contributed by atoms with Crippen LogP contribution in [0, 0.1) is 0 Å². The lowest BCUT2D eigenvalue weighted by atomic mass is 9.92. The van der Waals surface area contributed by atoms with Gasteiger partial charge in [-0.05, 0) is 42.3 Å². The van der Waals surface area contributed by atoms with E-state index in [1.165, 1.54) is 11.3 Å². The van der Waals surface area contributed by atoms with Gasteiger partial charge in [-0.15, -0.1) is 0 Å². The van der Waals surface area contributed by atoms with E-state index in [1.807, 2.05) is 0 Å². The molecule has 2 N–H and O–H groups in total. The molecule has 98 valence electrons. The van der Waals surface area contributed by atoms with E-state index in [1.54, 1.807) is 24.3 Å². The summed E-state index contributed by atoms with van der Waals surface area (Å²) in [6, 6.07) is 15.3. The summed E-state index contributed by atoms with van der Waals surface area (Å²) in [5, 5.41) is 12.6. The number of para-hydroxylation sites is 1. The van der Waals surface area contributed by atoms with Crippen LogP contribution in [-0.4, -0.2) is 18.3 Å². The van der Waals surface area contributed by atoms with Gasteiger partial charge in [-0.1, -0.05) is 18.2 Å². The van der Waals surface area contributed by atoms with Crippen LogP contribution in [0.3, 0.4) is 0 Å². The van der Waals surface area contributed by atoms with E-state index in [2.05, 4.69) is 29.6 Å². The molecule has 0 spiro atoms. The van der Waals surface area contributed by atoms with Gasteiger partial charge in [0.1, 0.15) is 11.5 Å². The van der Waals surface area contributed by atoms with Gasteiger partial charge in [0.15, 0.2) is 0 Å². The van der Waals surface area contributed by atoms with Crippen LogP contribution in [0.4, 0.5) is 5.69 Å². The van der Waals surface area contributed by atoms with Crippen molar-refractivity contribution >= 4 is 5.69 Å². The molecule has 0 saturated carbocycles. The van der Waals surface area contributed by atoms with Crippen molar-refractivity contribution in [1.82, 2.24) is 0 Å². The van der Waals surface area contributed by atoms with Crippen molar-refractivity contribution in [3.8, 4) is 11.5 Å². The molecule has 0 aromatic heterocycles. The molecule has 0 saturated heterocycles. The first-order chi connectivity index (χ1) is 9.33. The smallest absolute Gasteiger partial charge is 0.119 e. The van der Waals surface area contributed by atoms with Gasteiger partial charge in [-0.25, -0.2) is 0 Å². The highest BCUT2D eigenvalue weighted by Crippen LogP contribution is 2.31. The Kier molecular flexibility index (Phi) is 3.27. The molecule has 3 rings (SSSR count). The molecule has 1 aliphatic heterocycles. The van der Waals surface area contributed by atoms with Gasteiger partial charge in [-0.3, -0.25) is 0 Å². The Morgan fingerprint density at radius 3 is 2.74 bits per heavy atom. The van der Waals surface area contributed by atoms with Crippen LogP contribution in [-0.2, 0) is 0 Å². The standard InChI is InChI=1S/C16H17NO2/c18-13-5-7-14(8-6-13)19-11-12-9-10-17-16-4-2-1-3-15(12)16/h1-8,12,17-18H,9-11H2. The lowest BCUT2D eigenvalue weighted by molar-refractivity contribution is 0.281. The van der Waals surface area contributed by atoms with Crippen LogP contribution < -0.4 is 10.1 Å². The number of benzene rings is 2. The maximum Gasteiger partial charge on any atom is 0.119 e. The number of phenolic OH excluding ortho intramolecular Hbond substituents is 1. The molecule has 19 heavy (non-hydrogen) atoms. The molecule has 1 heterocycles. The lowest BCUT2D eigenvalue weighted by Crippen LogP contribution is -2.21. The van der Waals surface area contributed by atoms with Gasteiger partial charge < -0.3 is 15.2 Å². The van der Waals surface area contributed by atoms with Crippen LogP contribution in [0.1, 0.15) is 17.9 Å². The first-order valence-electron chi connectivity index (χ1n) is 6.57. The van der Waals surface area contributed by atoms with Crippen molar-refractivity contribution in [2.24, 2.45) is 0 Å². The van der Waals surface area contributed by atoms with E-state index in [9.17, 15) is 5.11 Å². The van der Waals surface area contributed by atoms with E-state index in [0.717, 1.165) is 18.7 Å². The molecule has 2 aromatic rings. The van der Waals surface area contributed by atoms with E-state index < -0.39 is 0 Å². The first kappa shape index (κ1) is 11.9. The van der Waals surface area contributed by atoms with Crippen LogP contribution in [0.2, 0.25) is 0 Å². The minimum absolute atomic E-state index is 0.263.